The lowest BCUT2D eigenvalue weighted by atomic mass is 9.78. The lowest BCUT2D eigenvalue weighted by Crippen LogP contribution is -2.29. The molecule has 0 radical (unpaired) electrons. The minimum Gasteiger partial charge on any atom is -0.170 e. The van der Waals surface area contributed by atoms with E-state index in [2.05, 4.69) is 0 Å². The van der Waals surface area contributed by atoms with Crippen LogP contribution >= 0.6 is 0 Å². The summed E-state index contributed by atoms with van der Waals surface area (Å²) in [5, 5.41) is 0. The van der Waals surface area contributed by atoms with Crippen molar-refractivity contribution < 1.29 is 26.3 Å². The van der Waals surface area contributed by atoms with E-state index in [1.54, 1.807) is 20.8 Å². The summed E-state index contributed by atoms with van der Waals surface area (Å²) < 4.78 is 75.7. The highest BCUT2D eigenvalue weighted by Gasteiger charge is 2.46. The summed E-state index contributed by atoms with van der Waals surface area (Å²) in [6.07, 6.45) is -8.67. The minimum absolute atomic E-state index is 0.0726. The van der Waals surface area contributed by atoms with Crippen molar-refractivity contribution in [1.29, 1.82) is 0 Å². The lowest BCUT2D eigenvalue weighted by Gasteiger charge is -2.30. The quantitative estimate of drug-likeness (QED) is 0.542. The van der Waals surface area contributed by atoms with E-state index in [0.29, 0.717) is 0 Å². The van der Waals surface area contributed by atoms with E-state index < -0.39 is 35.7 Å². The molecule has 1 aliphatic carbocycles. The first-order valence-electron chi connectivity index (χ1n) is 5.38. The zero-order valence-corrected chi connectivity index (χ0v) is 10.2. The van der Waals surface area contributed by atoms with Gasteiger partial charge in [0.05, 0.1) is 5.92 Å². The van der Waals surface area contributed by atoms with E-state index in [9.17, 15) is 26.3 Å². The van der Waals surface area contributed by atoms with Crippen LogP contribution in [-0.2, 0) is 0 Å². The van der Waals surface area contributed by atoms with Gasteiger partial charge in [-0.1, -0.05) is 32.9 Å². The third-order valence-electron chi connectivity index (χ3n) is 2.80. The second-order valence-corrected chi connectivity index (χ2v) is 5.39. The second-order valence-electron chi connectivity index (χ2n) is 5.39. The van der Waals surface area contributed by atoms with Gasteiger partial charge in [0, 0.05) is 5.57 Å². The van der Waals surface area contributed by atoms with Crippen LogP contribution in [0.1, 0.15) is 27.2 Å². The van der Waals surface area contributed by atoms with Gasteiger partial charge in [0.1, 0.15) is 0 Å². The number of hydrogen-bond donors (Lipinski definition) is 0. The molecule has 0 bridgehead atoms. The third kappa shape index (κ3) is 3.53. The van der Waals surface area contributed by atoms with Gasteiger partial charge < -0.3 is 0 Å². The van der Waals surface area contributed by atoms with Crippen molar-refractivity contribution >= 4 is 0 Å². The zero-order chi connectivity index (χ0) is 14.4. The Balaban J connectivity index is 3.21. The first-order chi connectivity index (χ1) is 7.82. The van der Waals surface area contributed by atoms with Crippen molar-refractivity contribution in [3.8, 4) is 0 Å². The Bertz CT molecular complexity index is 375. The topological polar surface area (TPSA) is 0 Å². The van der Waals surface area contributed by atoms with E-state index in [1.165, 1.54) is 0 Å². The summed E-state index contributed by atoms with van der Waals surface area (Å²) in [7, 11) is 0. The van der Waals surface area contributed by atoms with Crippen LogP contribution < -0.4 is 0 Å². The summed E-state index contributed by atoms with van der Waals surface area (Å²) >= 11 is 0. The molecule has 0 fully saturated rings. The van der Waals surface area contributed by atoms with Gasteiger partial charge in [0.15, 0.2) is 0 Å². The van der Waals surface area contributed by atoms with Gasteiger partial charge in [0.2, 0.25) is 0 Å². The fraction of sp³-hybridized carbons (Fsp3) is 0.667. The number of alkyl halides is 6. The standard InChI is InChI=1S/C12H14F6/c1-10(2,3)7-4-8(11(13,14)15)6-9(5-7)12(16,17)18/h4-5,8H,6H2,1-3H3. The fourth-order valence-electron chi connectivity index (χ4n) is 1.68. The molecule has 1 unspecified atom stereocenters. The molecule has 0 spiro atoms. The average Bonchev–Trinajstić information content (AvgIpc) is 2.13. The monoisotopic (exact) mass is 272 g/mol. The Morgan fingerprint density at radius 1 is 1.00 bits per heavy atom. The van der Waals surface area contributed by atoms with Crippen molar-refractivity contribution in [2.24, 2.45) is 11.3 Å². The van der Waals surface area contributed by atoms with Gasteiger partial charge in [-0.15, -0.1) is 0 Å². The van der Waals surface area contributed by atoms with E-state index >= 15 is 0 Å². The first-order valence-corrected chi connectivity index (χ1v) is 5.38. The van der Waals surface area contributed by atoms with Crippen LogP contribution in [0.4, 0.5) is 26.3 Å². The predicted octanol–water partition coefficient (Wildman–Crippen LogP) is 5.03. The Kier molecular flexibility index (Phi) is 3.62. The summed E-state index contributed by atoms with van der Waals surface area (Å²) in [6, 6.07) is 0. The Morgan fingerprint density at radius 2 is 1.50 bits per heavy atom. The summed E-state index contributed by atoms with van der Waals surface area (Å²) in [5.41, 5.74) is -1.79. The molecule has 0 saturated carbocycles. The SMILES string of the molecule is CC(C)(C)C1=CC(C(F)(F)F)CC(C(F)(F)F)=C1. The first kappa shape index (κ1) is 15.1. The summed E-state index contributed by atoms with van der Waals surface area (Å²) in [5.74, 6) is -2.06. The van der Waals surface area contributed by atoms with Crippen molar-refractivity contribution in [2.75, 3.05) is 0 Å². The van der Waals surface area contributed by atoms with Gasteiger partial charge in [-0.05, 0) is 17.4 Å². The zero-order valence-electron chi connectivity index (χ0n) is 10.2. The molecule has 6 heteroatoms. The molecular weight excluding hydrogens is 258 g/mol. The largest absolute Gasteiger partial charge is 0.412 e. The second kappa shape index (κ2) is 4.31. The number of hydrogen-bond acceptors (Lipinski definition) is 0. The molecule has 0 aromatic rings. The van der Waals surface area contributed by atoms with Gasteiger partial charge in [0.25, 0.3) is 0 Å². The maximum absolute atomic E-state index is 12.6. The van der Waals surface area contributed by atoms with E-state index in [4.69, 9.17) is 0 Å². The minimum atomic E-state index is -4.71. The van der Waals surface area contributed by atoms with Crippen LogP contribution in [0, 0.1) is 11.3 Å². The Morgan fingerprint density at radius 3 is 1.83 bits per heavy atom. The van der Waals surface area contributed by atoms with Crippen LogP contribution in [0.3, 0.4) is 0 Å². The predicted molar refractivity (Wildman–Crippen MR) is 55.8 cm³/mol. The summed E-state index contributed by atoms with van der Waals surface area (Å²) in [6.45, 7) is 4.76. The molecule has 0 nitrogen and oxygen atoms in total. The molecule has 0 N–H and O–H groups in total. The average molecular weight is 272 g/mol. The van der Waals surface area contributed by atoms with Crippen LogP contribution in [-0.4, -0.2) is 12.4 Å². The van der Waals surface area contributed by atoms with Gasteiger partial charge in [-0.25, -0.2) is 0 Å². The van der Waals surface area contributed by atoms with Crippen molar-refractivity contribution in [3.05, 3.63) is 23.3 Å². The van der Waals surface area contributed by atoms with Crippen molar-refractivity contribution in [3.63, 3.8) is 0 Å². The molecule has 0 saturated heterocycles. The van der Waals surface area contributed by atoms with Crippen molar-refractivity contribution in [1.82, 2.24) is 0 Å². The Hall–Kier alpha value is -0.940. The molecule has 1 atom stereocenters. The highest BCUT2D eigenvalue weighted by Crippen LogP contribution is 2.44. The van der Waals surface area contributed by atoms with Crippen LogP contribution in [0.25, 0.3) is 0 Å². The van der Waals surface area contributed by atoms with Crippen LogP contribution in [0.15, 0.2) is 23.3 Å². The number of rotatable bonds is 0. The lowest BCUT2D eigenvalue weighted by molar-refractivity contribution is -0.166. The molecule has 0 aromatic carbocycles. The maximum Gasteiger partial charge on any atom is 0.412 e. The molecule has 1 aliphatic rings. The maximum atomic E-state index is 12.6. The normalized spacial score (nSPS) is 22.6. The summed E-state index contributed by atoms with van der Waals surface area (Å²) in [4.78, 5) is 0. The van der Waals surface area contributed by atoms with Crippen LogP contribution in [0.2, 0.25) is 0 Å². The van der Waals surface area contributed by atoms with Crippen molar-refractivity contribution in [2.45, 2.75) is 39.5 Å². The third-order valence-corrected chi connectivity index (χ3v) is 2.80. The molecule has 1 rings (SSSR count). The highest BCUT2D eigenvalue weighted by molar-refractivity contribution is 5.35. The van der Waals surface area contributed by atoms with Crippen LogP contribution in [0.5, 0.6) is 0 Å². The Labute approximate surface area is 101 Å². The van der Waals surface area contributed by atoms with E-state index in [-0.39, 0.29) is 5.57 Å². The molecule has 0 amide bonds. The molecule has 104 valence electrons. The molecule has 0 aliphatic heterocycles. The molecule has 18 heavy (non-hydrogen) atoms. The van der Waals surface area contributed by atoms with E-state index in [1.807, 2.05) is 0 Å². The molecule has 0 heterocycles. The van der Waals surface area contributed by atoms with Gasteiger partial charge in [-0.3, -0.25) is 0 Å². The molecule has 0 aromatic heterocycles. The highest BCUT2D eigenvalue weighted by atomic mass is 19.4. The number of halogens is 6. The number of allylic oxidation sites excluding steroid dienone is 4. The van der Waals surface area contributed by atoms with Gasteiger partial charge in [-0.2, -0.15) is 26.3 Å². The molecular formula is C12H14F6. The van der Waals surface area contributed by atoms with Gasteiger partial charge >= 0.3 is 12.4 Å². The van der Waals surface area contributed by atoms with E-state index in [0.717, 1.165) is 12.2 Å². The fourth-order valence-corrected chi connectivity index (χ4v) is 1.68. The smallest absolute Gasteiger partial charge is 0.170 e.